The maximum atomic E-state index is 12.2. The molecular weight excluding hydrogens is 358 g/mol. The SMILES string of the molecule is Cn1nnc(Br)c1S(=O)(=O)NCCC(N)c1ccccc1. The van der Waals surface area contributed by atoms with Gasteiger partial charge in [0, 0.05) is 19.6 Å². The highest BCUT2D eigenvalue weighted by atomic mass is 79.9. The average molecular weight is 374 g/mol. The molecule has 0 bridgehead atoms. The molecule has 21 heavy (non-hydrogen) atoms. The van der Waals surface area contributed by atoms with Crippen molar-refractivity contribution < 1.29 is 8.42 Å². The van der Waals surface area contributed by atoms with Crippen molar-refractivity contribution in [2.45, 2.75) is 17.5 Å². The van der Waals surface area contributed by atoms with E-state index in [2.05, 4.69) is 31.0 Å². The maximum absolute atomic E-state index is 12.2. The van der Waals surface area contributed by atoms with E-state index in [-0.39, 0.29) is 22.2 Å². The third kappa shape index (κ3) is 3.88. The Morgan fingerprint density at radius 3 is 2.62 bits per heavy atom. The molecule has 2 rings (SSSR count). The van der Waals surface area contributed by atoms with Crippen molar-refractivity contribution in [3.63, 3.8) is 0 Å². The van der Waals surface area contributed by atoms with Gasteiger partial charge in [0.25, 0.3) is 10.0 Å². The number of nitrogens with one attached hydrogen (secondary N) is 1. The van der Waals surface area contributed by atoms with E-state index in [1.165, 1.54) is 11.7 Å². The van der Waals surface area contributed by atoms with Crippen LogP contribution in [-0.2, 0) is 17.1 Å². The van der Waals surface area contributed by atoms with Gasteiger partial charge in [-0.2, -0.15) is 0 Å². The lowest BCUT2D eigenvalue weighted by Crippen LogP contribution is -2.29. The molecule has 7 nitrogen and oxygen atoms in total. The van der Waals surface area contributed by atoms with Crippen molar-refractivity contribution in [3.8, 4) is 0 Å². The van der Waals surface area contributed by atoms with E-state index in [0.717, 1.165) is 5.56 Å². The van der Waals surface area contributed by atoms with Crippen LogP contribution in [0.4, 0.5) is 0 Å². The van der Waals surface area contributed by atoms with Gasteiger partial charge >= 0.3 is 0 Å². The standard InChI is InChI=1S/C12H16BrN5O2S/c1-18-12(11(13)16-17-18)21(19,20)15-8-7-10(14)9-5-3-2-4-6-9/h2-6,10,15H,7-8,14H2,1H3. The summed E-state index contributed by atoms with van der Waals surface area (Å²) in [4.78, 5) is 0. The lowest BCUT2D eigenvalue weighted by atomic mass is 10.1. The van der Waals surface area contributed by atoms with Crippen LogP contribution < -0.4 is 10.5 Å². The first-order chi connectivity index (χ1) is 9.92. The Kier molecular flexibility index (Phi) is 5.09. The van der Waals surface area contributed by atoms with Crippen LogP contribution in [-0.4, -0.2) is 30.0 Å². The molecule has 0 radical (unpaired) electrons. The molecule has 0 fully saturated rings. The lowest BCUT2D eigenvalue weighted by molar-refractivity contribution is 0.551. The minimum absolute atomic E-state index is 0.00391. The smallest absolute Gasteiger partial charge is 0.260 e. The summed E-state index contributed by atoms with van der Waals surface area (Å²) in [5.74, 6) is 0. The van der Waals surface area contributed by atoms with Gasteiger partial charge in [-0.05, 0) is 27.9 Å². The quantitative estimate of drug-likeness (QED) is 0.784. The molecule has 2 aromatic rings. The number of aryl methyl sites for hydroxylation is 1. The van der Waals surface area contributed by atoms with Crippen molar-refractivity contribution in [1.82, 2.24) is 19.7 Å². The zero-order valence-corrected chi connectivity index (χ0v) is 13.8. The topological polar surface area (TPSA) is 103 Å². The molecule has 0 aliphatic heterocycles. The van der Waals surface area contributed by atoms with Crippen LogP contribution >= 0.6 is 15.9 Å². The number of benzene rings is 1. The average Bonchev–Trinajstić information content (AvgIpc) is 2.79. The molecule has 0 aliphatic rings. The fourth-order valence-electron chi connectivity index (χ4n) is 1.89. The van der Waals surface area contributed by atoms with Gasteiger partial charge in [-0.25, -0.2) is 17.8 Å². The Bertz CT molecular complexity index is 682. The molecule has 1 heterocycles. The molecule has 0 amide bonds. The largest absolute Gasteiger partial charge is 0.324 e. The monoisotopic (exact) mass is 373 g/mol. The predicted molar refractivity (Wildman–Crippen MR) is 81.9 cm³/mol. The van der Waals surface area contributed by atoms with Crippen LogP contribution in [0.5, 0.6) is 0 Å². The van der Waals surface area contributed by atoms with Gasteiger partial charge < -0.3 is 5.73 Å². The Balaban J connectivity index is 1.97. The highest BCUT2D eigenvalue weighted by Gasteiger charge is 2.23. The zero-order chi connectivity index (χ0) is 15.5. The molecule has 0 spiro atoms. The van der Waals surface area contributed by atoms with E-state index in [1.807, 2.05) is 30.3 Å². The number of halogens is 1. The van der Waals surface area contributed by atoms with Gasteiger partial charge in [-0.3, -0.25) is 0 Å². The Labute approximate surface area is 131 Å². The fourth-order valence-corrected chi connectivity index (χ4v) is 4.03. The third-order valence-electron chi connectivity index (χ3n) is 2.97. The normalized spacial score (nSPS) is 13.3. The molecule has 1 aromatic carbocycles. The molecule has 0 saturated carbocycles. The number of hydrogen-bond donors (Lipinski definition) is 2. The second-order valence-electron chi connectivity index (χ2n) is 4.51. The second kappa shape index (κ2) is 6.65. The van der Waals surface area contributed by atoms with Crippen LogP contribution in [0.1, 0.15) is 18.0 Å². The highest BCUT2D eigenvalue weighted by molar-refractivity contribution is 9.10. The molecule has 9 heteroatoms. The van der Waals surface area contributed by atoms with Gasteiger partial charge in [-0.1, -0.05) is 35.5 Å². The van der Waals surface area contributed by atoms with E-state index in [1.54, 1.807) is 0 Å². The molecule has 3 N–H and O–H groups in total. The predicted octanol–water partition coefficient (Wildman–Crippen LogP) is 0.946. The first-order valence-corrected chi connectivity index (χ1v) is 8.55. The minimum atomic E-state index is -3.67. The summed E-state index contributed by atoms with van der Waals surface area (Å²) in [5.41, 5.74) is 7.00. The number of nitrogens with zero attached hydrogens (tertiary/aromatic N) is 3. The summed E-state index contributed by atoms with van der Waals surface area (Å²) >= 11 is 3.07. The van der Waals surface area contributed by atoms with Crippen LogP contribution in [0, 0.1) is 0 Å². The molecule has 1 aromatic heterocycles. The molecule has 0 saturated heterocycles. The van der Waals surface area contributed by atoms with Gasteiger partial charge in [0.15, 0.2) is 4.60 Å². The van der Waals surface area contributed by atoms with Crippen LogP contribution in [0.25, 0.3) is 0 Å². The van der Waals surface area contributed by atoms with Crippen molar-refractivity contribution in [2.24, 2.45) is 12.8 Å². The fraction of sp³-hybridized carbons (Fsp3) is 0.333. The van der Waals surface area contributed by atoms with Crippen molar-refractivity contribution in [1.29, 1.82) is 0 Å². The van der Waals surface area contributed by atoms with Crippen LogP contribution in [0.15, 0.2) is 40.0 Å². The number of hydrogen-bond acceptors (Lipinski definition) is 5. The Morgan fingerprint density at radius 2 is 2.05 bits per heavy atom. The third-order valence-corrected chi connectivity index (χ3v) is 5.31. The van der Waals surface area contributed by atoms with Crippen LogP contribution in [0.3, 0.4) is 0 Å². The van der Waals surface area contributed by atoms with Gasteiger partial charge in [0.1, 0.15) is 0 Å². The van der Waals surface area contributed by atoms with Gasteiger partial charge in [0.05, 0.1) is 0 Å². The van der Waals surface area contributed by atoms with E-state index in [4.69, 9.17) is 5.73 Å². The number of sulfonamides is 1. The summed E-state index contributed by atoms with van der Waals surface area (Å²) < 4.78 is 28.2. The molecule has 0 aliphatic carbocycles. The summed E-state index contributed by atoms with van der Waals surface area (Å²) in [6.45, 7) is 0.232. The van der Waals surface area contributed by atoms with E-state index < -0.39 is 10.0 Å². The minimum Gasteiger partial charge on any atom is -0.324 e. The maximum Gasteiger partial charge on any atom is 0.260 e. The van der Waals surface area contributed by atoms with E-state index in [9.17, 15) is 8.42 Å². The molecule has 1 atom stereocenters. The zero-order valence-electron chi connectivity index (χ0n) is 11.4. The second-order valence-corrected chi connectivity index (χ2v) is 6.95. The summed E-state index contributed by atoms with van der Waals surface area (Å²) in [6, 6.07) is 9.32. The molecule has 1 unspecified atom stereocenters. The first kappa shape index (κ1) is 16.1. The number of aromatic nitrogens is 3. The van der Waals surface area contributed by atoms with Crippen LogP contribution in [0.2, 0.25) is 0 Å². The molecular formula is C12H16BrN5O2S. The van der Waals surface area contributed by atoms with Gasteiger partial charge in [0.2, 0.25) is 5.03 Å². The summed E-state index contributed by atoms with van der Waals surface area (Å²) in [6.07, 6.45) is 0.492. The Hall–Kier alpha value is -1.29. The van der Waals surface area contributed by atoms with Crippen molar-refractivity contribution in [3.05, 3.63) is 40.5 Å². The van der Waals surface area contributed by atoms with Gasteiger partial charge in [-0.15, -0.1) is 5.10 Å². The first-order valence-electron chi connectivity index (χ1n) is 6.27. The summed E-state index contributed by atoms with van der Waals surface area (Å²) in [5, 5.41) is 7.30. The molecule has 114 valence electrons. The van der Waals surface area contributed by atoms with Crippen molar-refractivity contribution >= 4 is 26.0 Å². The summed E-state index contributed by atoms with van der Waals surface area (Å²) in [7, 11) is -2.15. The van der Waals surface area contributed by atoms with E-state index >= 15 is 0 Å². The number of nitrogens with two attached hydrogens (primary N) is 1. The van der Waals surface area contributed by atoms with Crippen molar-refractivity contribution in [2.75, 3.05) is 6.54 Å². The Morgan fingerprint density at radius 1 is 1.38 bits per heavy atom. The lowest BCUT2D eigenvalue weighted by Gasteiger charge is -2.12. The highest BCUT2D eigenvalue weighted by Crippen LogP contribution is 2.18. The van der Waals surface area contributed by atoms with E-state index in [0.29, 0.717) is 6.42 Å². The number of rotatable bonds is 6.